The molecule has 24 heavy (non-hydrogen) atoms. The fourth-order valence-electron chi connectivity index (χ4n) is 3.08. The van der Waals surface area contributed by atoms with Crippen LogP contribution in [-0.2, 0) is 6.54 Å². The normalized spacial score (nSPS) is 15.8. The number of hydrogen-bond acceptors (Lipinski definition) is 4. The number of piperazine rings is 1. The zero-order valence-electron chi connectivity index (χ0n) is 13.4. The summed E-state index contributed by atoms with van der Waals surface area (Å²) in [5.41, 5.74) is 2.77. The van der Waals surface area contributed by atoms with Crippen molar-refractivity contribution in [3.8, 4) is 0 Å². The Balaban J connectivity index is 1.37. The van der Waals surface area contributed by atoms with Gasteiger partial charge in [-0.25, -0.2) is 4.98 Å². The van der Waals surface area contributed by atoms with Crippen molar-refractivity contribution in [2.75, 3.05) is 26.2 Å². The van der Waals surface area contributed by atoms with E-state index in [1.807, 2.05) is 29.2 Å². The average molecular weight is 321 g/mol. The van der Waals surface area contributed by atoms with Crippen molar-refractivity contribution in [1.29, 1.82) is 0 Å². The van der Waals surface area contributed by atoms with Crippen LogP contribution in [0.5, 0.6) is 0 Å². The number of H-pyrrole nitrogens is 1. The quantitative estimate of drug-likeness (QED) is 0.800. The summed E-state index contributed by atoms with van der Waals surface area (Å²) in [6.45, 7) is 3.97. The Hall–Kier alpha value is -2.73. The number of imidazole rings is 1. The van der Waals surface area contributed by atoms with Gasteiger partial charge in [0.2, 0.25) is 0 Å². The summed E-state index contributed by atoms with van der Waals surface area (Å²) in [4.78, 5) is 28.6. The van der Waals surface area contributed by atoms with Gasteiger partial charge in [-0.15, -0.1) is 0 Å². The lowest BCUT2D eigenvalue weighted by Crippen LogP contribution is -2.48. The second-order valence-electron chi connectivity index (χ2n) is 6.00. The van der Waals surface area contributed by atoms with E-state index >= 15 is 0 Å². The van der Waals surface area contributed by atoms with Gasteiger partial charge in [0.05, 0.1) is 17.6 Å². The molecule has 0 aliphatic carbocycles. The molecule has 1 saturated heterocycles. The Morgan fingerprint density at radius 1 is 1.04 bits per heavy atom. The summed E-state index contributed by atoms with van der Waals surface area (Å²) in [5, 5.41) is 0. The van der Waals surface area contributed by atoms with Crippen LogP contribution in [0.2, 0.25) is 0 Å². The Morgan fingerprint density at radius 3 is 2.54 bits per heavy atom. The molecule has 3 heterocycles. The fraction of sp³-hybridized carbons (Fsp3) is 0.278. The van der Waals surface area contributed by atoms with Gasteiger partial charge in [0, 0.05) is 44.1 Å². The third kappa shape index (κ3) is 3.00. The number of pyridine rings is 1. The van der Waals surface area contributed by atoms with Gasteiger partial charge in [0.15, 0.2) is 0 Å². The largest absolute Gasteiger partial charge is 0.341 e. The van der Waals surface area contributed by atoms with Crippen LogP contribution < -0.4 is 0 Å². The monoisotopic (exact) mass is 321 g/mol. The summed E-state index contributed by atoms with van der Waals surface area (Å²) in [7, 11) is 0. The molecule has 1 fully saturated rings. The van der Waals surface area contributed by atoms with E-state index in [2.05, 4.69) is 19.9 Å². The van der Waals surface area contributed by atoms with Crippen LogP contribution in [-0.4, -0.2) is 56.8 Å². The number of aromatic amines is 1. The van der Waals surface area contributed by atoms with E-state index in [-0.39, 0.29) is 5.91 Å². The predicted octanol–water partition coefficient (Wildman–Crippen LogP) is 1.92. The van der Waals surface area contributed by atoms with Crippen LogP contribution in [0.1, 0.15) is 16.2 Å². The molecule has 0 saturated carbocycles. The molecule has 6 nitrogen and oxygen atoms in total. The van der Waals surface area contributed by atoms with Crippen LogP contribution in [0.3, 0.4) is 0 Å². The highest BCUT2D eigenvalue weighted by atomic mass is 16.2. The van der Waals surface area contributed by atoms with Crippen molar-refractivity contribution in [1.82, 2.24) is 24.8 Å². The van der Waals surface area contributed by atoms with E-state index < -0.39 is 0 Å². The van der Waals surface area contributed by atoms with Gasteiger partial charge in [-0.05, 0) is 24.3 Å². The Bertz CT molecular complexity index is 804. The second kappa shape index (κ2) is 6.41. The van der Waals surface area contributed by atoms with E-state index in [9.17, 15) is 4.79 Å². The fourth-order valence-corrected chi connectivity index (χ4v) is 3.08. The molecule has 2 aromatic heterocycles. The van der Waals surface area contributed by atoms with Crippen molar-refractivity contribution in [3.63, 3.8) is 0 Å². The molecular weight excluding hydrogens is 302 g/mol. The van der Waals surface area contributed by atoms with E-state index in [1.54, 1.807) is 24.5 Å². The lowest BCUT2D eigenvalue weighted by Gasteiger charge is -2.34. The highest BCUT2D eigenvalue weighted by Crippen LogP contribution is 2.14. The van der Waals surface area contributed by atoms with Crippen LogP contribution in [0.25, 0.3) is 11.0 Å². The van der Waals surface area contributed by atoms with Crippen molar-refractivity contribution < 1.29 is 4.79 Å². The zero-order chi connectivity index (χ0) is 16.4. The molecule has 1 aliphatic rings. The third-order valence-electron chi connectivity index (χ3n) is 4.40. The van der Waals surface area contributed by atoms with Gasteiger partial charge in [-0.3, -0.25) is 14.7 Å². The third-order valence-corrected chi connectivity index (χ3v) is 4.40. The van der Waals surface area contributed by atoms with E-state index in [1.165, 1.54) is 0 Å². The predicted molar refractivity (Wildman–Crippen MR) is 91.5 cm³/mol. The average Bonchev–Trinajstić information content (AvgIpc) is 3.05. The summed E-state index contributed by atoms with van der Waals surface area (Å²) >= 11 is 0. The number of benzene rings is 1. The minimum absolute atomic E-state index is 0.0841. The first-order valence-electron chi connectivity index (χ1n) is 8.15. The van der Waals surface area contributed by atoms with Gasteiger partial charge >= 0.3 is 0 Å². The summed E-state index contributed by atoms with van der Waals surface area (Å²) in [6.07, 6.45) is 3.32. The standard InChI is InChI=1S/C18H19N5O/c24-18(14-5-7-19-8-6-14)23-11-9-22(10-12-23)13-17-20-15-3-1-2-4-16(15)21-17/h1-8H,9-13H2,(H,20,21). The summed E-state index contributed by atoms with van der Waals surface area (Å²) in [5.74, 6) is 1.06. The smallest absolute Gasteiger partial charge is 0.254 e. The molecule has 0 atom stereocenters. The first-order valence-corrected chi connectivity index (χ1v) is 8.15. The molecule has 1 amide bonds. The van der Waals surface area contributed by atoms with Gasteiger partial charge < -0.3 is 9.88 Å². The lowest BCUT2D eigenvalue weighted by atomic mass is 10.2. The molecule has 1 N–H and O–H groups in total. The molecule has 1 aromatic carbocycles. The van der Waals surface area contributed by atoms with Crippen LogP contribution in [0.4, 0.5) is 0 Å². The number of hydrogen-bond donors (Lipinski definition) is 1. The van der Waals surface area contributed by atoms with Crippen molar-refractivity contribution in [3.05, 3.63) is 60.2 Å². The Labute approximate surface area is 140 Å². The van der Waals surface area contributed by atoms with E-state index in [4.69, 9.17) is 0 Å². The number of amides is 1. The van der Waals surface area contributed by atoms with Crippen LogP contribution in [0, 0.1) is 0 Å². The molecule has 6 heteroatoms. The van der Waals surface area contributed by atoms with Gasteiger partial charge in [-0.2, -0.15) is 0 Å². The number of carbonyl (C=O) groups excluding carboxylic acids is 1. The number of para-hydroxylation sites is 2. The number of nitrogens with one attached hydrogen (secondary N) is 1. The highest BCUT2D eigenvalue weighted by molar-refractivity contribution is 5.94. The minimum Gasteiger partial charge on any atom is -0.341 e. The topological polar surface area (TPSA) is 65.1 Å². The maximum Gasteiger partial charge on any atom is 0.254 e. The SMILES string of the molecule is O=C(c1ccncc1)N1CCN(Cc2nc3ccccc3[nH]2)CC1. The molecule has 1 aliphatic heterocycles. The molecule has 0 spiro atoms. The molecule has 122 valence electrons. The van der Waals surface area contributed by atoms with Crippen molar-refractivity contribution in [2.24, 2.45) is 0 Å². The molecule has 4 rings (SSSR count). The lowest BCUT2D eigenvalue weighted by molar-refractivity contribution is 0.0626. The minimum atomic E-state index is 0.0841. The molecule has 3 aromatic rings. The first kappa shape index (κ1) is 14.8. The van der Waals surface area contributed by atoms with E-state index in [0.717, 1.165) is 49.6 Å². The summed E-state index contributed by atoms with van der Waals surface area (Å²) < 4.78 is 0. The van der Waals surface area contributed by atoms with E-state index in [0.29, 0.717) is 5.56 Å². The number of aromatic nitrogens is 3. The number of rotatable bonds is 3. The molecule has 0 bridgehead atoms. The van der Waals surface area contributed by atoms with Crippen molar-refractivity contribution >= 4 is 16.9 Å². The van der Waals surface area contributed by atoms with Crippen molar-refractivity contribution in [2.45, 2.75) is 6.54 Å². The maximum absolute atomic E-state index is 12.4. The molecular formula is C18H19N5O. The van der Waals surface area contributed by atoms with Gasteiger partial charge in [-0.1, -0.05) is 12.1 Å². The van der Waals surface area contributed by atoms with Gasteiger partial charge in [0.25, 0.3) is 5.91 Å². The summed E-state index contributed by atoms with van der Waals surface area (Å²) in [6, 6.07) is 11.6. The van der Waals surface area contributed by atoms with Crippen LogP contribution in [0.15, 0.2) is 48.8 Å². The molecule has 0 unspecified atom stereocenters. The Morgan fingerprint density at radius 2 is 1.79 bits per heavy atom. The second-order valence-corrected chi connectivity index (χ2v) is 6.00. The van der Waals surface area contributed by atoms with Crippen LogP contribution >= 0.6 is 0 Å². The number of carbonyl (C=O) groups is 1. The molecule has 0 radical (unpaired) electrons. The zero-order valence-corrected chi connectivity index (χ0v) is 13.4. The first-order chi connectivity index (χ1) is 11.8. The number of fused-ring (bicyclic) bond motifs is 1. The van der Waals surface area contributed by atoms with Gasteiger partial charge in [0.1, 0.15) is 5.82 Å². The highest BCUT2D eigenvalue weighted by Gasteiger charge is 2.22. The Kier molecular flexibility index (Phi) is 3.96. The number of nitrogens with zero attached hydrogens (tertiary/aromatic N) is 4. The maximum atomic E-state index is 12.4.